The predicted molar refractivity (Wildman–Crippen MR) is 95.4 cm³/mol. The minimum absolute atomic E-state index is 0.0398. The third kappa shape index (κ3) is 3.60. The number of hydrogen-bond donors (Lipinski definition) is 0. The molecule has 0 saturated carbocycles. The molecule has 3 aromatic rings. The number of tetrazole rings is 1. The molecule has 0 saturated heterocycles. The SMILES string of the molecule is O=C(Cn1nnc(-c2cccc(C(F)(F)F)c2)n1)N1CCCc2ccccc21. The molecule has 6 nitrogen and oxygen atoms in total. The molecule has 0 atom stereocenters. The van der Waals surface area contributed by atoms with E-state index < -0.39 is 11.7 Å². The van der Waals surface area contributed by atoms with Crippen LogP contribution in [0.3, 0.4) is 0 Å². The fourth-order valence-corrected chi connectivity index (χ4v) is 3.26. The van der Waals surface area contributed by atoms with Gasteiger partial charge in [-0.15, -0.1) is 10.2 Å². The Bertz CT molecular complexity index is 1010. The van der Waals surface area contributed by atoms with E-state index in [1.54, 1.807) is 4.90 Å². The zero-order valence-corrected chi connectivity index (χ0v) is 14.7. The van der Waals surface area contributed by atoms with Crippen LogP contribution in [-0.4, -0.2) is 32.7 Å². The van der Waals surface area contributed by atoms with Crippen LogP contribution in [0.4, 0.5) is 18.9 Å². The van der Waals surface area contributed by atoms with Crippen molar-refractivity contribution in [1.29, 1.82) is 0 Å². The Labute approximate surface area is 158 Å². The second-order valence-electron chi connectivity index (χ2n) is 6.50. The molecule has 9 heteroatoms. The molecular weight excluding hydrogens is 371 g/mol. The zero-order chi connectivity index (χ0) is 19.7. The summed E-state index contributed by atoms with van der Waals surface area (Å²) in [6, 6.07) is 12.4. The summed E-state index contributed by atoms with van der Waals surface area (Å²) in [6.45, 7) is 0.464. The van der Waals surface area contributed by atoms with Crippen molar-refractivity contribution in [3.63, 3.8) is 0 Å². The number of aromatic nitrogens is 4. The van der Waals surface area contributed by atoms with Gasteiger partial charge >= 0.3 is 6.18 Å². The molecule has 0 spiro atoms. The van der Waals surface area contributed by atoms with Crippen LogP contribution >= 0.6 is 0 Å². The average molecular weight is 387 g/mol. The summed E-state index contributed by atoms with van der Waals surface area (Å²) >= 11 is 0. The Morgan fingerprint density at radius 3 is 2.75 bits per heavy atom. The van der Waals surface area contributed by atoms with Crippen LogP contribution in [0.1, 0.15) is 17.5 Å². The van der Waals surface area contributed by atoms with Crippen molar-refractivity contribution in [2.75, 3.05) is 11.4 Å². The molecule has 0 bridgehead atoms. The highest BCUT2D eigenvalue weighted by Crippen LogP contribution is 2.31. The largest absolute Gasteiger partial charge is 0.416 e. The molecule has 1 amide bonds. The Morgan fingerprint density at radius 1 is 1.11 bits per heavy atom. The number of carbonyl (C=O) groups excluding carboxylic acids is 1. The van der Waals surface area contributed by atoms with E-state index in [1.165, 1.54) is 12.1 Å². The number of fused-ring (bicyclic) bond motifs is 1. The van der Waals surface area contributed by atoms with Gasteiger partial charge in [0.1, 0.15) is 6.54 Å². The van der Waals surface area contributed by atoms with Crippen molar-refractivity contribution in [3.05, 3.63) is 59.7 Å². The summed E-state index contributed by atoms with van der Waals surface area (Å²) in [6.07, 6.45) is -2.67. The minimum Gasteiger partial charge on any atom is -0.310 e. The van der Waals surface area contributed by atoms with Crippen LogP contribution in [0, 0.1) is 0 Å². The van der Waals surface area contributed by atoms with Crippen molar-refractivity contribution in [2.24, 2.45) is 0 Å². The summed E-state index contributed by atoms with van der Waals surface area (Å²) in [4.78, 5) is 15.5. The standard InChI is InChI=1S/C19H16F3N5O/c20-19(21,22)15-8-3-6-14(11-15)18-23-25-27(24-18)12-17(28)26-10-4-7-13-5-1-2-9-16(13)26/h1-3,5-6,8-9,11H,4,7,10,12H2. The molecule has 4 rings (SSSR count). The van der Waals surface area contributed by atoms with Crippen LogP contribution in [-0.2, 0) is 23.9 Å². The molecule has 0 radical (unpaired) electrons. The van der Waals surface area contributed by atoms with E-state index in [-0.39, 0.29) is 23.8 Å². The monoisotopic (exact) mass is 387 g/mol. The molecule has 0 aliphatic carbocycles. The van der Waals surface area contributed by atoms with E-state index in [9.17, 15) is 18.0 Å². The highest BCUT2D eigenvalue weighted by atomic mass is 19.4. The van der Waals surface area contributed by atoms with E-state index >= 15 is 0 Å². The Kier molecular flexibility index (Phi) is 4.58. The number of amides is 1. The van der Waals surface area contributed by atoms with Gasteiger partial charge in [0.05, 0.1) is 5.56 Å². The van der Waals surface area contributed by atoms with Crippen LogP contribution in [0.25, 0.3) is 11.4 Å². The fraction of sp³-hybridized carbons (Fsp3) is 0.263. The maximum Gasteiger partial charge on any atom is 0.416 e. The fourth-order valence-electron chi connectivity index (χ4n) is 3.26. The molecule has 144 valence electrons. The van der Waals surface area contributed by atoms with Gasteiger partial charge in [-0.1, -0.05) is 30.3 Å². The first-order chi connectivity index (χ1) is 13.4. The predicted octanol–water partition coefficient (Wildman–Crippen LogP) is 3.34. The maximum absolute atomic E-state index is 12.9. The first-order valence-corrected chi connectivity index (χ1v) is 8.75. The molecule has 0 N–H and O–H groups in total. The molecule has 0 unspecified atom stereocenters. The summed E-state index contributed by atoms with van der Waals surface area (Å²) in [7, 11) is 0. The van der Waals surface area contributed by atoms with Gasteiger partial charge in [-0.05, 0) is 41.8 Å². The number of anilines is 1. The highest BCUT2D eigenvalue weighted by Gasteiger charge is 2.31. The molecule has 1 aliphatic heterocycles. The number of hydrogen-bond acceptors (Lipinski definition) is 4. The first kappa shape index (κ1) is 18.1. The third-order valence-electron chi connectivity index (χ3n) is 4.59. The van der Waals surface area contributed by atoms with Gasteiger partial charge in [-0.2, -0.15) is 18.0 Å². The average Bonchev–Trinajstić information content (AvgIpc) is 3.15. The van der Waals surface area contributed by atoms with Crippen molar-refractivity contribution in [2.45, 2.75) is 25.6 Å². The first-order valence-electron chi connectivity index (χ1n) is 8.75. The number of rotatable bonds is 3. The van der Waals surface area contributed by atoms with E-state index in [1.807, 2.05) is 24.3 Å². The number of nitrogens with zero attached hydrogens (tertiary/aromatic N) is 5. The molecule has 1 aromatic heterocycles. The van der Waals surface area contributed by atoms with Crippen molar-refractivity contribution in [1.82, 2.24) is 20.2 Å². The van der Waals surface area contributed by atoms with Gasteiger partial charge in [0.25, 0.3) is 5.91 Å². The Morgan fingerprint density at radius 2 is 1.93 bits per heavy atom. The van der Waals surface area contributed by atoms with Crippen LogP contribution in [0.15, 0.2) is 48.5 Å². The summed E-state index contributed by atoms with van der Waals surface area (Å²) in [5.41, 5.74) is 1.38. The topological polar surface area (TPSA) is 63.9 Å². The molecule has 2 heterocycles. The van der Waals surface area contributed by atoms with Gasteiger partial charge in [0.2, 0.25) is 5.82 Å². The number of carbonyl (C=O) groups is 1. The summed E-state index contributed by atoms with van der Waals surface area (Å²) in [5, 5.41) is 11.7. The highest BCUT2D eigenvalue weighted by molar-refractivity contribution is 5.94. The Balaban J connectivity index is 1.53. The zero-order valence-electron chi connectivity index (χ0n) is 14.7. The summed E-state index contributed by atoms with van der Waals surface area (Å²) < 4.78 is 38.6. The quantitative estimate of drug-likeness (QED) is 0.692. The number of halogens is 3. The van der Waals surface area contributed by atoms with E-state index in [0.29, 0.717) is 6.54 Å². The number of para-hydroxylation sites is 1. The van der Waals surface area contributed by atoms with Crippen LogP contribution < -0.4 is 4.90 Å². The molecular formula is C19H16F3N5O. The van der Waals surface area contributed by atoms with Crippen LogP contribution in [0.2, 0.25) is 0 Å². The Hall–Kier alpha value is -3.23. The number of benzene rings is 2. The maximum atomic E-state index is 12.9. The van der Waals surface area contributed by atoms with Crippen molar-refractivity contribution in [3.8, 4) is 11.4 Å². The molecule has 2 aromatic carbocycles. The van der Waals surface area contributed by atoms with Gasteiger partial charge in [0, 0.05) is 17.8 Å². The minimum atomic E-state index is -4.45. The van der Waals surface area contributed by atoms with E-state index in [0.717, 1.165) is 41.0 Å². The lowest BCUT2D eigenvalue weighted by atomic mass is 10.0. The van der Waals surface area contributed by atoms with Gasteiger partial charge in [-0.3, -0.25) is 4.79 Å². The molecule has 0 fully saturated rings. The van der Waals surface area contributed by atoms with Gasteiger partial charge < -0.3 is 4.90 Å². The van der Waals surface area contributed by atoms with Gasteiger partial charge in [-0.25, -0.2) is 0 Å². The number of aryl methyl sites for hydroxylation is 1. The molecule has 1 aliphatic rings. The second-order valence-corrected chi connectivity index (χ2v) is 6.50. The van der Waals surface area contributed by atoms with Gasteiger partial charge in [0.15, 0.2) is 0 Å². The number of alkyl halides is 3. The summed E-state index contributed by atoms with van der Waals surface area (Å²) in [5.74, 6) is -0.155. The van der Waals surface area contributed by atoms with Crippen molar-refractivity contribution < 1.29 is 18.0 Å². The lowest BCUT2D eigenvalue weighted by molar-refractivity contribution is -0.137. The van der Waals surface area contributed by atoms with Crippen molar-refractivity contribution >= 4 is 11.6 Å². The normalized spacial score (nSPS) is 14.0. The molecule has 28 heavy (non-hydrogen) atoms. The lowest BCUT2D eigenvalue weighted by Crippen LogP contribution is -2.38. The smallest absolute Gasteiger partial charge is 0.310 e. The van der Waals surface area contributed by atoms with E-state index in [4.69, 9.17) is 0 Å². The second kappa shape index (κ2) is 7.06. The van der Waals surface area contributed by atoms with Crippen LogP contribution in [0.5, 0.6) is 0 Å². The third-order valence-corrected chi connectivity index (χ3v) is 4.59. The van der Waals surface area contributed by atoms with E-state index in [2.05, 4.69) is 15.4 Å². The lowest BCUT2D eigenvalue weighted by Gasteiger charge is -2.29.